The summed E-state index contributed by atoms with van der Waals surface area (Å²) in [5.74, 6) is 3.38. The average Bonchev–Trinajstić information content (AvgIpc) is 2.47. The fraction of sp³-hybridized carbons (Fsp3) is 0.500. The van der Waals surface area contributed by atoms with Gasteiger partial charge >= 0.3 is 0 Å². The lowest BCUT2D eigenvalue weighted by Gasteiger charge is -2.23. The van der Waals surface area contributed by atoms with Crippen LogP contribution in [-0.2, 0) is 0 Å². The normalized spacial score (nSPS) is 18.9. The summed E-state index contributed by atoms with van der Waals surface area (Å²) in [6, 6.07) is 5.21. The lowest BCUT2D eigenvalue weighted by molar-refractivity contribution is 0.100. The molecule has 1 aromatic carbocycles. The molecule has 1 aromatic rings. The van der Waals surface area contributed by atoms with Gasteiger partial charge in [0.05, 0.1) is 13.7 Å². The van der Waals surface area contributed by atoms with Gasteiger partial charge in [-0.15, -0.1) is 0 Å². The van der Waals surface area contributed by atoms with Gasteiger partial charge in [-0.2, -0.15) is 11.8 Å². The Hall–Kier alpha value is -1.20. The number of benzene rings is 1. The fourth-order valence-electron chi connectivity index (χ4n) is 2.04. The molecule has 1 saturated heterocycles. The quantitative estimate of drug-likeness (QED) is 0.838. The Balaban J connectivity index is 2.17. The first kappa shape index (κ1) is 14.2. The zero-order chi connectivity index (χ0) is 13.7. The van der Waals surface area contributed by atoms with Gasteiger partial charge in [0, 0.05) is 11.3 Å². The van der Waals surface area contributed by atoms with E-state index >= 15 is 0 Å². The number of rotatable bonds is 5. The predicted molar refractivity (Wildman–Crippen MR) is 77.4 cm³/mol. The number of hydrogen-bond acceptors (Lipinski definition) is 5. The molecule has 0 aromatic heterocycles. The molecule has 0 radical (unpaired) electrons. The molecule has 2 rings (SSSR count). The summed E-state index contributed by atoms with van der Waals surface area (Å²) < 4.78 is 11.3. The second-order valence-corrected chi connectivity index (χ2v) is 5.60. The van der Waals surface area contributed by atoms with Gasteiger partial charge in [-0.1, -0.05) is 0 Å². The Kier molecular flexibility index (Phi) is 5.10. The summed E-state index contributed by atoms with van der Waals surface area (Å²) in [7, 11) is 1.60. The summed E-state index contributed by atoms with van der Waals surface area (Å²) in [6.07, 6.45) is 2.40. The van der Waals surface area contributed by atoms with Crippen molar-refractivity contribution in [1.29, 1.82) is 0 Å². The minimum atomic E-state index is -0.0921. The molecule has 1 aliphatic heterocycles. The van der Waals surface area contributed by atoms with Gasteiger partial charge in [-0.25, -0.2) is 0 Å². The lowest BCUT2D eigenvalue weighted by atomic mass is 10.1. The van der Waals surface area contributed by atoms with Crippen LogP contribution in [0.3, 0.4) is 0 Å². The molecule has 0 aliphatic carbocycles. The zero-order valence-corrected chi connectivity index (χ0v) is 11.9. The zero-order valence-electron chi connectivity index (χ0n) is 11.1. The van der Waals surface area contributed by atoms with Crippen molar-refractivity contribution in [3.05, 3.63) is 23.8 Å². The number of nitrogens with two attached hydrogens (primary N) is 1. The Morgan fingerprint density at radius 1 is 1.47 bits per heavy atom. The first-order valence-electron chi connectivity index (χ1n) is 6.40. The lowest BCUT2D eigenvalue weighted by Crippen LogP contribution is -2.23. The van der Waals surface area contributed by atoms with Crippen molar-refractivity contribution >= 4 is 17.5 Å². The van der Waals surface area contributed by atoms with Crippen LogP contribution in [0.25, 0.3) is 0 Å². The molecule has 1 fully saturated rings. The summed E-state index contributed by atoms with van der Waals surface area (Å²) in [5, 5.41) is 0. The largest absolute Gasteiger partial charge is 0.493 e. The van der Waals surface area contributed by atoms with E-state index in [9.17, 15) is 4.79 Å². The SMILES string of the molecule is COc1ccc(C(=O)CN)cc1OC1CCCSC1. The van der Waals surface area contributed by atoms with Crippen LogP contribution in [0, 0.1) is 0 Å². The van der Waals surface area contributed by atoms with Crippen molar-refractivity contribution in [3.8, 4) is 11.5 Å². The van der Waals surface area contributed by atoms with Crippen LogP contribution in [0.5, 0.6) is 11.5 Å². The van der Waals surface area contributed by atoms with Crippen LogP contribution >= 0.6 is 11.8 Å². The van der Waals surface area contributed by atoms with Crippen LogP contribution in [0.4, 0.5) is 0 Å². The van der Waals surface area contributed by atoms with Crippen molar-refractivity contribution in [2.75, 3.05) is 25.2 Å². The number of hydrogen-bond donors (Lipinski definition) is 1. The number of ketones is 1. The molecule has 104 valence electrons. The molecule has 0 saturated carbocycles. The first-order chi connectivity index (χ1) is 9.24. The number of thioether (sulfide) groups is 1. The van der Waals surface area contributed by atoms with Gasteiger partial charge in [0.15, 0.2) is 17.3 Å². The smallest absolute Gasteiger partial charge is 0.176 e. The summed E-state index contributed by atoms with van der Waals surface area (Å²) in [5.41, 5.74) is 5.96. The number of carbonyl (C=O) groups excluding carboxylic acids is 1. The molecule has 0 bridgehead atoms. The van der Waals surface area contributed by atoms with E-state index in [1.165, 1.54) is 12.2 Å². The van der Waals surface area contributed by atoms with E-state index in [1.54, 1.807) is 25.3 Å². The number of carbonyl (C=O) groups is 1. The third kappa shape index (κ3) is 3.64. The molecule has 4 nitrogen and oxygen atoms in total. The highest BCUT2D eigenvalue weighted by Gasteiger charge is 2.18. The molecule has 1 heterocycles. The molecule has 1 atom stereocenters. The summed E-state index contributed by atoms with van der Waals surface area (Å²) >= 11 is 1.90. The van der Waals surface area contributed by atoms with E-state index in [0.29, 0.717) is 17.1 Å². The maximum Gasteiger partial charge on any atom is 0.176 e. The molecule has 19 heavy (non-hydrogen) atoms. The van der Waals surface area contributed by atoms with E-state index in [1.807, 2.05) is 11.8 Å². The highest BCUT2D eigenvalue weighted by Crippen LogP contribution is 2.31. The van der Waals surface area contributed by atoms with Gasteiger partial charge in [-0.05, 0) is 36.8 Å². The van der Waals surface area contributed by atoms with Gasteiger partial charge in [0.2, 0.25) is 0 Å². The molecule has 1 aliphatic rings. The molecular weight excluding hydrogens is 262 g/mol. The highest BCUT2D eigenvalue weighted by molar-refractivity contribution is 7.99. The van der Waals surface area contributed by atoms with Gasteiger partial charge in [0.25, 0.3) is 0 Å². The molecule has 5 heteroatoms. The number of methoxy groups -OCH3 is 1. The van der Waals surface area contributed by atoms with E-state index in [2.05, 4.69) is 0 Å². The Morgan fingerprint density at radius 2 is 2.32 bits per heavy atom. The van der Waals surface area contributed by atoms with E-state index < -0.39 is 0 Å². The van der Waals surface area contributed by atoms with E-state index in [0.717, 1.165) is 12.2 Å². The van der Waals surface area contributed by atoms with Crippen LogP contribution < -0.4 is 15.2 Å². The Labute approximate surface area is 117 Å². The topological polar surface area (TPSA) is 61.5 Å². The van der Waals surface area contributed by atoms with Crippen molar-refractivity contribution in [2.24, 2.45) is 5.73 Å². The van der Waals surface area contributed by atoms with Crippen LogP contribution in [-0.4, -0.2) is 37.0 Å². The van der Waals surface area contributed by atoms with Crippen molar-refractivity contribution < 1.29 is 14.3 Å². The van der Waals surface area contributed by atoms with Gasteiger partial charge in [-0.3, -0.25) is 4.79 Å². The predicted octanol–water partition coefficient (Wildman–Crippen LogP) is 2.11. The van der Waals surface area contributed by atoms with Crippen molar-refractivity contribution in [2.45, 2.75) is 18.9 Å². The van der Waals surface area contributed by atoms with Crippen LogP contribution in [0.2, 0.25) is 0 Å². The summed E-state index contributed by atoms with van der Waals surface area (Å²) in [4.78, 5) is 11.6. The van der Waals surface area contributed by atoms with Gasteiger partial charge in [0.1, 0.15) is 6.10 Å². The third-order valence-corrected chi connectivity index (χ3v) is 4.27. The summed E-state index contributed by atoms with van der Waals surface area (Å²) in [6.45, 7) is 0.00501. The van der Waals surface area contributed by atoms with Crippen LogP contribution in [0.1, 0.15) is 23.2 Å². The third-order valence-electron chi connectivity index (χ3n) is 3.08. The molecular formula is C14H19NO3S. The minimum absolute atomic E-state index is 0.00501. The monoisotopic (exact) mass is 281 g/mol. The average molecular weight is 281 g/mol. The van der Waals surface area contributed by atoms with E-state index in [4.69, 9.17) is 15.2 Å². The number of ether oxygens (including phenoxy) is 2. The number of Topliss-reactive ketones (excluding diaryl/α,β-unsaturated/α-hetero) is 1. The maximum atomic E-state index is 11.6. The van der Waals surface area contributed by atoms with E-state index in [-0.39, 0.29) is 18.4 Å². The molecule has 1 unspecified atom stereocenters. The molecule has 2 N–H and O–H groups in total. The standard InChI is InChI=1S/C14H19NO3S/c1-17-13-5-4-10(12(16)8-15)7-14(13)18-11-3-2-6-19-9-11/h4-5,7,11H,2-3,6,8-9,15H2,1H3. The maximum absolute atomic E-state index is 11.6. The molecule has 0 amide bonds. The Morgan fingerprint density at radius 3 is 2.95 bits per heavy atom. The fourth-order valence-corrected chi connectivity index (χ4v) is 3.08. The minimum Gasteiger partial charge on any atom is -0.493 e. The molecule has 0 spiro atoms. The highest BCUT2D eigenvalue weighted by atomic mass is 32.2. The Bertz CT molecular complexity index is 444. The first-order valence-corrected chi connectivity index (χ1v) is 7.55. The van der Waals surface area contributed by atoms with Crippen LogP contribution in [0.15, 0.2) is 18.2 Å². The van der Waals surface area contributed by atoms with Crippen molar-refractivity contribution in [3.63, 3.8) is 0 Å². The van der Waals surface area contributed by atoms with Gasteiger partial charge < -0.3 is 15.2 Å². The second kappa shape index (κ2) is 6.82. The van der Waals surface area contributed by atoms with Crippen molar-refractivity contribution in [1.82, 2.24) is 0 Å². The second-order valence-electron chi connectivity index (χ2n) is 4.45.